The van der Waals surface area contributed by atoms with Crippen LogP contribution in [0.4, 0.5) is 5.69 Å². The summed E-state index contributed by atoms with van der Waals surface area (Å²) in [4.78, 5) is 14.4. The van der Waals surface area contributed by atoms with Crippen LogP contribution in [-0.2, 0) is 0 Å². The Kier molecular flexibility index (Phi) is 5.39. The van der Waals surface area contributed by atoms with Gasteiger partial charge in [-0.1, -0.05) is 11.6 Å². The molecule has 2 rings (SSSR count). The number of aromatic nitrogens is 2. The molecule has 1 fully saturated rings. The Hall–Kier alpha value is -1.11. The van der Waals surface area contributed by atoms with Crippen LogP contribution in [0.25, 0.3) is 0 Å². The van der Waals surface area contributed by atoms with E-state index in [-0.39, 0.29) is 16.6 Å². The van der Waals surface area contributed by atoms with E-state index in [0.717, 1.165) is 39.3 Å². The van der Waals surface area contributed by atoms with E-state index in [4.69, 9.17) is 11.6 Å². The summed E-state index contributed by atoms with van der Waals surface area (Å²) >= 11 is 6.10. The van der Waals surface area contributed by atoms with E-state index in [1.54, 1.807) is 6.20 Å². The molecule has 0 radical (unpaired) electrons. The molecule has 1 aromatic heterocycles. The van der Waals surface area contributed by atoms with Gasteiger partial charge in [-0.2, -0.15) is 5.10 Å². The predicted octanol–water partition coefficient (Wildman–Crippen LogP) is 0.795. The SMILES string of the molecule is CC(C)n1ncc(NCCN2CCNCC2)c(Cl)c1=O. The van der Waals surface area contributed by atoms with Crippen LogP contribution in [0.3, 0.4) is 0 Å². The van der Waals surface area contributed by atoms with E-state index in [1.807, 2.05) is 13.8 Å². The van der Waals surface area contributed by atoms with Crippen molar-refractivity contribution in [2.24, 2.45) is 0 Å². The molecule has 20 heavy (non-hydrogen) atoms. The van der Waals surface area contributed by atoms with Gasteiger partial charge < -0.3 is 10.6 Å². The van der Waals surface area contributed by atoms with Gasteiger partial charge >= 0.3 is 0 Å². The Morgan fingerprint density at radius 3 is 2.80 bits per heavy atom. The van der Waals surface area contributed by atoms with Gasteiger partial charge in [0.1, 0.15) is 5.02 Å². The summed E-state index contributed by atoms with van der Waals surface area (Å²) < 4.78 is 1.39. The summed E-state index contributed by atoms with van der Waals surface area (Å²) in [5, 5.41) is 10.9. The third-order valence-electron chi connectivity index (χ3n) is 3.39. The van der Waals surface area contributed by atoms with Gasteiger partial charge in [0.15, 0.2) is 0 Å². The molecule has 0 atom stereocenters. The topological polar surface area (TPSA) is 62.2 Å². The third-order valence-corrected chi connectivity index (χ3v) is 3.75. The fourth-order valence-corrected chi connectivity index (χ4v) is 2.42. The van der Waals surface area contributed by atoms with Crippen molar-refractivity contribution in [1.29, 1.82) is 0 Å². The van der Waals surface area contributed by atoms with Crippen LogP contribution in [0, 0.1) is 0 Å². The highest BCUT2D eigenvalue weighted by Gasteiger charge is 2.12. The van der Waals surface area contributed by atoms with Gasteiger partial charge in [-0.25, -0.2) is 4.68 Å². The van der Waals surface area contributed by atoms with Gasteiger partial charge in [-0.15, -0.1) is 0 Å². The Morgan fingerprint density at radius 1 is 1.45 bits per heavy atom. The largest absolute Gasteiger partial charge is 0.381 e. The van der Waals surface area contributed by atoms with Gasteiger partial charge in [0.25, 0.3) is 5.56 Å². The second-order valence-corrected chi connectivity index (χ2v) is 5.61. The highest BCUT2D eigenvalue weighted by atomic mass is 35.5. The van der Waals surface area contributed by atoms with E-state index in [0.29, 0.717) is 5.69 Å². The lowest BCUT2D eigenvalue weighted by Gasteiger charge is -2.27. The number of rotatable bonds is 5. The zero-order valence-corrected chi connectivity index (χ0v) is 12.8. The van der Waals surface area contributed by atoms with Crippen LogP contribution in [-0.4, -0.2) is 53.9 Å². The second-order valence-electron chi connectivity index (χ2n) is 5.23. The number of hydrogen-bond acceptors (Lipinski definition) is 5. The van der Waals surface area contributed by atoms with Crippen molar-refractivity contribution in [3.8, 4) is 0 Å². The van der Waals surface area contributed by atoms with E-state index < -0.39 is 0 Å². The molecule has 0 amide bonds. The molecule has 0 spiro atoms. The van der Waals surface area contributed by atoms with Crippen molar-refractivity contribution in [3.63, 3.8) is 0 Å². The molecule has 0 saturated carbocycles. The Morgan fingerprint density at radius 2 is 2.15 bits per heavy atom. The molecule has 2 heterocycles. The van der Waals surface area contributed by atoms with Gasteiger partial charge in [-0.05, 0) is 13.8 Å². The first-order valence-corrected chi connectivity index (χ1v) is 7.41. The number of nitrogens with zero attached hydrogens (tertiary/aromatic N) is 3. The highest BCUT2D eigenvalue weighted by Crippen LogP contribution is 2.15. The summed E-state index contributed by atoms with van der Waals surface area (Å²) in [6, 6.07) is 0.00917. The minimum absolute atomic E-state index is 0.00917. The monoisotopic (exact) mass is 299 g/mol. The summed E-state index contributed by atoms with van der Waals surface area (Å²) in [6.45, 7) is 9.69. The van der Waals surface area contributed by atoms with Crippen molar-refractivity contribution < 1.29 is 0 Å². The molecule has 112 valence electrons. The maximum atomic E-state index is 12.0. The van der Waals surface area contributed by atoms with Crippen molar-refractivity contribution in [2.45, 2.75) is 19.9 Å². The first-order chi connectivity index (χ1) is 9.59. The maximum Gasteiger partial charge on any atom is 0.287 e. The van der Waals surface area contributed by atoms with E-state index >= 15 is 0 Å². The van der Waals surface area contributed by atoms with Gasteiger partial charge in [-0.3, -0.25) is 9.69 Å². The predicted molar refractivity (Wildman–Crippen MR) is 81.7 cm³/mol. The molecule has 0 aromatic carbocycles. The summed E-state index contributed by atoms with van der Waals surface area (Å²) in [5.74, 6) is 0. The smallest absolute Gasteiger partial charge is 0.287 e. The number of nitrogens with one attached hydrogen (secondary N) is 2. The minimum atomic E-state index is -0.242. The van der Waals surface area contributed by atoms with E-state index in [1.165, 1.54) is 4.68 Å². The normalized spacial score (nSPS) is 16.6. The molecule has 0 aliphatic carbocycles. The second kappa shape index (κ2) is 7.06. The fraction of sp³-hybridized carbons (Fsp3) is 0.692. The number of hydrogen-bond donors (Lipinski definition) is 2. The zero-order chi connectivity index (χ0) is 14.5. The zero-order valence-electron chi connectivity index (χ0n) is 12.0. The van der Waals surface area contributed by atoms with E-state index in [9.17, 15) is 4.79 Å². The van der Waals surface area contributed by atoms with Gasteiger partial charge in [0, 0.05) is 39.3 Å². The maximum absolute atomic E-state index is 12.0. The molecule has 1 aliphatic rings. The molecule has 1 aliphatic heterocycles. The lowest BCUT2D eigenvalue weighted by Crippen LogP contribution is -2.45. The number of anilines is 1. The molecule has 1 saturated heterocycles. The van der Waals surface area contributed by atoms with E-state index in [2.05, 4.69) is 20.6 Å². The highest BCUT2D eigenvalue weighted by molar-refractivity contribution is 6.32. The van der Waals surface area contributed by atoms with Crippen LogP contribution in [0.2, 0.25) is 5.02 Å². The Bertz CT molecular complexity index is 496. The first kappa shape index (κ1) is 15.3. The molecule has 6 nitrogen and oxygen atoms in total. The molecule has 2 N–H and O–H groups in total. The van der Waals surface area contributed by atoms with Crippen LogP contribution in [0.15, 0.2) is 11.0 Å². The Labute approximate surface area is 124 Å². The molecular formula is C13H22ClN5O. The third kappa shape index (κ3) is 3.71. The number of piperazine rings is 1. The van der Waals surface area contributed by atoms with Crippen molar-refractivity contribution in [1.82, 2.24) is 20.0 Å². The van der Waals surface area contributed by atoms with Crippen molar-refractivity contribution in [3.05, 3.63) is 21.6 Å². The summed E-state index contributed by atoms with van der Waals surface area (Å²) in [7, 11) is 0. The van der Waals surface area contributed by atoms with Crippen LogP contribution < -0.4 is 16.2 Å². The van der Waals surface area contributed by atoms with Gasteiger partial charge in [0.2, 0.25) is 0 Å². The lowest BCUT2D eigenvalue weighted by atomic mass is 10.3. The molecule has 1 aromatic rings. The van der Waals surface area contributed by atoms with Gasteiger partial charge in [0.05, 0.1) is 17.9 Å². The van der Waals surface area contributed by atoms with Crippen molar-refractivity contribution in [2.75, 3.05) is 44.6 Å². The molecular weight excluding hydrogens is 278 g/mol. The van der Waals surface area contributed by atoms with Crippen LogP contribution in [0.5, 0.6) is 0 Å². The Balaban J connectivity index is 1.93. The quantitative estimate of drug-likeness (QED) is 0.842. The molecule has 0 bridgehead atoms. The summed E-state index contributed by atoms with van der Waals surface area (Å²) in [6.07, 6.45) is 1.63. The minimum Gasteiger partial charge on any atom is -0.381 e. The fourth-order valence-electron chi connectivity index (χ4n) is 2.22. The van der Waals surface area contributed by atoms with Crippen molar-refractivity contribution >= 4 is 17.3 Å². The first-order valence-electron chi connectivity index (χ1n) is 7.04. The summed E-state index contributed by atoms with van der Waals surface area (Å²) in [5.41, 5.74) is 0.373. The number of halogens is 1. The standard InChI is InChI=1S/C13H22ClN5O/c1-10(2)19-13(20)12(14)11(9-17-19)16-5-8-18-6-3-15-4-7-18/h9-10,15-16H,3-8H2,1-2H3. The average Bonchev–Trinajstić information content (AvgIpc) is 2.44. The average molecular weight is 300 g/mol. The van der Waals surface area contributed by atoms with Crippen LogP contribution >= 0.6 is 11.6 Å². The lowest BCUT2D eigenvalue weighted by molar-refractivity contribution is 0.249. The molecule has 0 unspecified atom stereocenters. The molecule has 7 heteroatoms. The van der Waals surface area contributed by atoms with Crippen LogP contribution in [0.1, 0.15) is 19.9 Å².